The van der Waals surface area contributed by atoms with E-state index in [4.69, 9.17) is 0 Å². The first-order chi connectivity index (χ1) is 8.75. The molecule has 0 spiro atoms. The number of carbonyl (C=O) groups is 1. The highest BCUT2D eigenvalue weighted by Gasteiger charge is 2.15. The lowest BCUT2D eigenvalue weighted by atomic mass is 10.0. The van der Waals surface area contributed by atoms with Gasteiger partial charge in [0.25, 0.3) is 0 Å². The lowest BCUT2D eigenvalue weighted by Gasteiger charge is -2.09. The number of hydrogen-bond donors (Lipinski definition) is 2. The third-order valence-corrected chi connectivity index (χ3v) is 3.57. The van der Waals surface area contributed by atoms with Gasteiger partial charge in [0.05, 0.1) is 0 Å². The highest BCUT2D eigenvalue weighted by molar-refractivity contribution is 5.75. The van der Waals surface area contributed by atoms with Gasteiger partial charge in [0.2, 0.25) is 5.91 Å². The second-order valence-electron chi connectivity index (χ2n) is 4.98. The molecule has 2 N–H and O–H groups in total. The molecule has 1 aromatic rings. The van der Waals surface area contributed by atoms with E-state index in [1.165, 1.54) is 12.0 Å². The van der Waals surface area contributed by atoms with Crippen molar-refractivity contribution in [1.82, 2.24) is 15.6 Å². The molecule has 1 atom stereocenters. The van der Waals surface area contributed by atoms with Crippen LogP contribution in [0.2, 0.25) is 0 Å². The molecule has 0 bridgehead atoms. The Morgan fingerprint density at radius 2 is 2.50 bits per heavy atom. The fourth-order valence-electron chi connectivity index (χ4n) is 2.26. The molecule has 1 aliphatic heterocycles. The SMILES string of the molecule is Cc1ccncc1CNC(=O)CCC1CCNC1. The maximum absolute atomic E-state index is 11.7. The van der Waals surface area contributed by atoms with Gasteiger partial charge in [-0.3, -0.25) is 9.78 Å². The van der Waals surface area contributed by atoms with Gasteiger partial charge in [-0.05, 0) is 56.0 Å². The lowest BCUT2D eigenvalue weighted by Crippen LogP contribution is -2.24. The first-order valence-electron chi connectivity index (χ1n) is 6.62. The average Bonchev–Trinajstić information content (AvgIpc) is 2.88. The van der Waals surface area contributed by atoms with Gasteiger partial charge in [-0.2, -0.15) is 0 Å². The van der Waals surface area contributed by atoms with E-state index in [0.717, 1.165) is 25.1 Å². The second kappa shape index (κ2) is 6.50. The van der Waals surface area contributed by atoms with Crippen molar-refractivity contribution in [3.05, 3.63) is 29.6 Å². The van der Waals surface area contributed by atoms with E-state index >= 15 is 0 Å². The van der Waals surface area contributed by atoms with Crippen LogP contribution in [0.1, 0.15) is 30.4 Å². The maximum Gasteiger partial charge on any atom is 0.220 e. The van der Waals surface area contributed by atoms with Gasteiger partial charge < -0.3 is 10.6 Å². The molecule has 0 saturated carbocycles. The maximum atomic E-state index is 11.7. The zero-order chi connectivity index (χ0) is 12.8. The molecule has 18 heavy (non-hydrogen) atoms. The van der Waals surface area contributed by atoms with Crippen LogP contribution < -0.4 is 10.6 Å². The third kappa shape index (κ3) is 3.81. The summed E-state index contributed by atoms with van der Waals surface area (Å²) in [5.41, 5.74) is 2.26. The van der Waals surface area contributed by atoms with Gasteiger partial charge in [0.15, 0.2) is 0 Å². The summed E-state index contributed by atoms with van der Waals surface area (Å²) in [4.78, 5) is 15.8. The van der Waals surface area contributed by atoms with Crippen molar-refractivity contribution >= 4 is 5.91 Å². The predicted molar refractivity (Wildman–Crippen MR) is 71.0 cm³/mol. The molecule has 1 aromatic heterocycles. The summed E-state index contributed by atoms with van der Waals surface area (Å²) in [6, 6.07) is 1.96. The number of amides is 1. The Kier molecular flexibility index (Phi) is 4.70. The summed E-state index contributed by atoms with van der Waals surface area (Å²) in [5, 5.41) is 6.29. The molecule has 1 fully saturated rings. The first-order valence-corrected chi connectivity index (χ1v) is 6.62. The standard InChI is InChI=1S/C14H21N3O/c1-11-4-6-16-9-13(11)10-17-14(18)3-2-12-5-7-15-8-12/h4,6,9,12,15H,2-3,5,7-8,10H2,1H3,(H,17,18). The zero-order valence-corrected chi connectivity index (χ0v) is 10.9. The normalized spacial score (nSPS) is 18.8. The van der Waals surface area contributed by atoms with Gasteiger partial charge in [-0.1, -0.05) is 0 Å². The van der Waals surface area contributed by atoms with Crippen LogP contribution in [0.5, 0.6) is 0 Å². The van der Waals surface area contributed by atoms with Gasteiger partial charge in [-0.25, -0.2) is 0 Å². The minimum Gasteiger partial charge on any atom is -0.352 e. The van der Waals surface area contributed by atoms with Crippen molar-refractivity contribution in [2.24, 2.45) is 5.92 Å². The molecule has 4 heteroatoms. The molecule has 1 aliphatic rings. The number of aromatic nitrogens is 1. The zero-order valence-electron chi connectivity index (χ0n) is 10.9. The van der Waals surface area contributed by atoms with E-state index in [2.05, 4.69) is 15.6 Å². The summed E-state index contributed by atoms with van der Waals surface area (Å²) >= 11 is 0. The summed E-state index contributed by atoms with van der Waals surface area (Å²) in [5.74, 6) is 0.820. The Morgan fingerprint density at radius 1 is 1.61 bits per heavy atom. The van der Waals surface area contributed by atoms with Gasteiger partial charge >= 0.3 is 0 Å². The molecule has 98 valence electrons. The molecule has 1 unspecified atom stereocenters. The van der Waals surface area contributed by atoms with Crippen LogP contribution in [0.4, 0.5) is 0 Å². The first kappa shape index (κ1) is 13.0. The van der Waals surface area contributed by atoms with Gasteiger partial charge in [-0.15, -0.1) is 0 Å². The van der Waals surface area contributed by atoms with Crippen LogP contribution >= 0.6 is 0 Å². The van der Waals surface area contributed by atoms with E-state index in [9.17, 15) is 4.79 Å². The number of hydrogen-bond acceptors (Lipinski definition) is 3. The Bertz CT molecular complexity index is 400. The summed E-state index contributed by atoms with van der Waals surface area (Å²) < 4.78 is 0. The minimum absolute atomic E-state index is 0.144. The second-order valence-corrected chi connectivity index (χ2v) is 4.98. The largest absolute Gasteiger partial charge is 0.352 e. The molecule has 2 rings (SSSR count). The van der Waals surface area contributed by atoms with Gasteiger partial charge in [0, 0.05) is 25.4 Å². The fraction of sp³-hybridized carbons (Fsp3) is 0.571. The molecule has 2 heterocycles. The third-order valence-electron chi connectivity index (χ3n) is 3.57. The molecule has 0 radical (unpaired) electrons. The number of rotatable bonds is 5. The van der Waals surface area contributed by atoms with Crippen LogP contribution in [-0.2, 0) is 11.3 Å². The minimum atomic E-state index is 0.144. The lowest BCUT2D eigenvalue weighted by molar-refractivity contribution is -0.121. The summed E-state index contributed by atoms with van der Waals surface area (Å²) in [6.07, 6.45) is 6.41. The molecular formula is C14H21N3O. The molecule has 4 nitrogen and oxygen atoms in total. The highest BCUT2D eigenvalue weighted by Crippen LogP contribution is 2.14. The number of aryl methyl sites for hydroxylation is 1. The average molecular weight is 247 g/mol. The van der Waals surface area contributed by atoms with Crippen molar-refractivity contribution in [3.63, 3.8) is 0 Å². The molecular weight excluding hydrogens is 226 g/mol. The summed E-state index contributed by atoms with van der Waals surface area (Å²) in [6.45, 7) is 4.78. The Hall–Kier alpha value is -1.42. The van der Waals surface area contributed by atoms with E-state index in [1.807, 2.05) is 19.2 Å². The van der Waals surface area contributed by atoms with E-state index < -0.39 is 0 Å². The number of carbonyl (C=O) groups excluding carboxylic acids is 1. The monoisotopic (exact) mass is 247 g/mol. The summed E-state index contributed by atoms with van der Waals surface area (Å²) in [7, 11) is 0. The van der Waals surface area contributed by atoms with Crippen LogP contribution in [-0.4, -0.2) is 24.0 Å². The van der Waals surface area contributed by atoms with Crippen molar-refractivity contribution in [2.45, 2.75) is 32.7 Å². The van der Waals surface area contributed by atoms with Crippen LogP contribution in [0.15, 0.2) is 18.5 Å². The number of nitrogens with zero attached hydrogens (tertiary/aromatic N) is 1. The van der Waals surface area contributed by atoms with Crippen LogP contribution in [0.25, 0.3) is 0 Å². The molecule has 1 saturated heterocycles. The van der Waals surface area contributed by atoms with E-state index in [1.54, 1.807) is 6.20 Å². The van der Waals surface area contributed by atoms with Crippen LogP contribution in [0.3, 0.4) is 0 Å². The molecule has 1 amide bonds. The number of pyridine rings is 1. The van der Waals surface area contributed by atoms with Crippen molar-refractivity contribution < 1.29 is 4.79 Å². The van der Waals surface area contributed by atoms with Crippen molar-refractivity contribution in [1.29, 1.82) is 0 Å². The highest BCUT2D eigenvalue weighted by atomic mass is 16.1. The fourth-order valence-corrected chi connectivity index (χ4v) is 2.26. The quantitative estimate of drug-likeness (QED) is 0.827. The smallest absolute Gasteiger partial charge is 0.220 e. The molecule has 0 aliphatic carbocycles. The number of nitrogens with one attached hydrogen (secondary N) is 2. The Labute approximate surface area is 108 Å². The molecule has 0 aromatic carbocycles. The van der Waals surface area contributed by atoms with Gasteiger partial charge in [0.1, 0.15) is 0 Å². The van der Waals surface area contributed by atoms with Crippen LogP contribution in [0, 0.1) is 12.8 Å². The van der Waals surface area contributed by atoms with E-state index in [-0.39, 0.29) is 5.91 Å². The Balaban J connectivity index is 1.69. The van der Waals surface area contributed by atoms with Crippen molar-refractivity contribution in [3.8, 4) is 0 Å². The van der Waals surface area contributed by atoms with E-state index in [0.29, 0.717) is 18.9 Å². The Morgan fingerprint density at radius 3 is 3.22 bits per heavy atom. The predicted octanol–water partition coefficient (Wildman–Crippen LogP) is 1.40. The van der Waals surface area contributed by atoms with Crippen molar-refractivity contribution in [2.75, 3.05) is 13.1 Å². The topological polar surface area (TPSA) is 54.0 Å².